The summed E-state index contributed by atoms with van der Waals surface area (Å²) >= 11 is 0. The number of nitrogens with one attached hydrogen (secondary N) is 1. The molecule has 7 heteroatoms. The second kappa shape index (κ2) is 3.96. The number of carbonyl (C=O) groups excluding carboxylic acids is 2. The van der Waals surface area contributed by atoms with Crippen molar-refractivity contribution in [3.8, 4) is 0 Å². The van der Waals surface area contributed by atoms with E-state index in [0.717, 1.165) is 12.2 Å². The Morgan fingerprint density at radius 1 is 1.40 bits per heavy atom. The van der Waals surface area contributed by atoms with Crippen LogP contribution in [0.3, 0.4) is 0 Å². The van der Waals surface area contributed by atoms with Gasteiger partial charge in [0.25, 0.3) is 12.2 Å². The maximum Gasteiger partial charge on any atom is 0.260 e. The summed E-state index contributed by atoms with van der Waals surface area (Å²) in [6.45, 7) is 0. The molecule has 0 spiro atoms. The fourth-order valence-electron chi connectivity index (χ4n) is 0.207. The van der Waals surface area contributed by atoms with Crippen molar-refractivity contribution in [3.05, 3.63) is 0 Å². The van der Waals surface area contributed by atoms with Crippen LogP contribution in [-0.2, 0) is 9.59 Å². The van der Waals surface area contributed by atoms with E-state index < -0.39 is 5.96 Å². The molecule has 0 unspecified atom stereocenters. The SMILES string of the molecule is N=C(N)N(N=C=O)N=C=O. The largest absolute Gasteiger partial charge is 0.367 e. The van der Waals surface area contributed by atoms with E-state index in [1.54, 1.807) is 0 Å². The fraction of sp³-hybridized carbons (Fsp3) is 0. The van der Waals surface area contributed by atoms with Crippen molar-refractivity contribution in [1.82, 2.24) is 5.12 Å². The number of isocyanates is 2. The monoisotopic (exact) mass is 141 g/mol. The lowest BCUT2D eigenvalue weighted by Crippen LogP contribution is -2.27. The highest BCUT2D eigenvalue weighted by Crippen LogP contribution is 1.83. The number of hydrazone groups is 2. The highest BCUT2D eigenvalue weighted by atomic mass is 16.1. The lowest BCUT2D eigenvalue weighted by atomic mass is 11.0. The third-order valence-electron chi connectivity index (χ3n) is 0.487. The molecule has 0 radical (unpaired) electrons. The number of rotatable bonds is 2. The van der Waals surface area contributed by atoms with Gasteiger partial charge in [-0.1, -0.05) is 15.3 Å². The second-order valence-electron chi connectivity index (χ2n) is 1.06. The van der Waals surface area contributed by atoms with Gasteiger partial charge in [-0.15, -0.1) is 0 Å². The molecule has 0 saturated heterocycles. The van der Waals surface area contributed by atoms with Crippen molar-refractivity contribution < 1.29 is 9.59 Å². The van der Waals surface area contributed by atoms with Crippen molar-refractivity contribution >= 4 is 18.1 Å². The van der Waals surface area contributed by atoms with E-state index in [0.29, 0.717) is 5.12 Å². The van der Waals surface area contributed by atoms with Crippen LogP contribution >= 0.6 is 0 Å². The minimum Gasteiger partial charge on any atom is -0.367 e. The average molecular weight is 141 g/mol. The topological polar surface area (TPSA) is 112 Å². The molecule has 0 heterocycles. The molecule has 3 N–H and O–H groups in total. The maximum atomic E-state index is 9.52. The molecule has 0 fully saturated rings. The predicted molar refractivity (Wildman–Crippen MR) is 30.0 cm³/mol. The molecular formula is C3H3N5O2. The molecule has 0 aromatic carbocycles. The Bertz CT molecular complexity index is 202. The Balaban J connectivity index is 4.40. The average Bonchev–Trinajstić information content (AvgIpc) is 1.87. The van der Waals surface area contributed by atoms with Crippen LogP contribution in [0.5, 0.6) is 0 Å². The summed E-state index contributed by atoms with van der Waals surface area (Å²) < 4.78 is 0. The van der Waals surface area contributed by atoms with Crippen LogP contribution in [0.15, 0.2) is 10.2 Å². The molecule has 0 bridgehead atoms. The molecule has 0 aromatic heterocycles. The zero-order valence-electron chi connectivity index (χ0n) is 4.74. The Kier molecular flexibility index (Phi) is 3.18. The van der Waals surface area contributed by atoms with E-state index in [1.165, 1.54) is 0 Å². The molecule has 0 aliphatic rings. The molecule has 10 heavy (non-hydrogen) atoms. The zero-order chi connectivity index (χ0) is 7.98. The molecule has 0 amide bonds. The van der Waals surface area contributed by atoms with E-state index in [4.69, 9.17) is 11.1 Å². The summed E-state index contributed by atoms with van der Waals surface area (Å²) in [4.78, 5) is 19.0. The lowest BCUT2D eigenvalue weighted by molar-refractivity contribution is 0.444. The molecule has 0 atom stereocenters. The summed E-state index contributed by atoms with van der Waals surface area (Å²) in [7, 11) is 0. The van der Waals surface area contributed by atoms with Gasteiger partial charge in [0.2, 0.25) is 5.96 Å². The first-order valence-electron chi connectivity index (χ1n) is 2.02. The molecule has 0 aromatic rings. The number of nitrogens with two attached hydrogens (primary N) is 1. The van der Waals surface area contributed by atoms with Gasteiger partial charge in [-0.25, -0.2) is 9.59 Å². The Hall–Kier alpha value is -1.97. The van der Waals surface area contributed by atoms with Crippen LogP contribution in [0.1, 0.15) is 0 Å². The second-order valence-corrected chi connectivity index (χ2v) is 1.06. The van der Waals surface area contributed by atoms with Gasteiger partial charge in [0.15, 0.2) is 0 Å². The van der Waals surface area contributed by atoms with Crippen LogP contribution in [0.25, 0.3) is 0 Å². The molecular weight excluding hydrogens is 138 g/mol. The van der Waals surface area contributed by atoms with Crippen LogP contribution in [-0.4, -0.2) is 23.2 Å². The van der Waals surface area contributed by atoms with E-state index in [-0.39, 0.29) is 0 Å². The van der Waals surface area contributed by atoms with E-state index in [2.05, 4.69) is 10.2 Å². The Labute approximate surface area is 55.3 Å². The van der Waals surface area contributed by atoms with Crippen molar-refractivity contribution in [1.29, 1.82) is 5.41 Å². The van der Waals surface area contributed by atoms with Crippen molar-refractivity contribution in [2.45, 2.75) is 0 Å². The minimum absolute atomic E-state index is 0.292. The van der Waals surface area contributed by atoms with Gasteiger partial charge in [-0.05, 0) is 0 Å². The smallest absolute Gasteiger partial charge is 0.260 e. The third-order valence-corrected chi connectivity index (χ3v) is 0.487. The Morgan fingerprint density at radius 3 is 2.00 bits per heavy atom. The predicted octanol–water partition coefficient (Wildman–Crippen LogP) is -1.32. The Morgan fingerprint density at radius 2 is 1.80 bits per heavy atom. The maximum absolute atomic E-state index is 9.52. The summed E-state index contributed by atoms with van der Waals surface area (Å²) in [5, 5.41) is 12.4. The summed E-state index contributed by atoms with van der Waals surface area (Å²) in [5.74, 6) is -0.660. The molecule has 0 aliphatic carbocycles. The molecule has 0 saturated carbocycles. The van der Waals surface area contributed by atoms with Gasteiger partial charge in [0.05, 0.1) is 0 Å². The van der Waals surface area contributed by atoms with Crippen molar-refractivity contribution in [2.24, 2.45) is 15.9 Å². The van der Waals surface area contributed by atoms with Gasteiger partial charge in [-0.2, -0.15) is 0 Å². The van der Waals surface area contributed by atoms with Crippen LogP contribution < -0.4 is 5.73 Å². The number of nitrogens with zero attached hydrogens (tertiary/aromatic N) is 3. The number of hydrogen-bond acceptors (Lipinski definition) is 5. The van der Waals surface area contributed by atoms with Gasteiger partial charge in [-0.3, -0.25) is 5.41 Å². The van der Waals surface area contributed by atoms with Gasteiger partial charge < -0.3 is 5.73 Å². The first-order chi connectivity index (χ1) is 4.72. The quantitative estimate of drug-likeness (QED) is 0.215. The molecule has 7 nitrogen and oxygen atoms in total. The van der Waals surface area contributed by atoms with Gasteiger partial charge in [0, 0.05) is 0 Å². The molecule has 52 valence electrons. The first kappa shape index (κ1) is 8.03. The van der Waals surface area contributed by atoms with Crippen LogP contribution in [0, 0.1) is 5.41 Å². The van der Waals surface area contributed by atoms with Gasteiger partial charge in [0.1, 0.15) is 0 Å². The minimum atomic E-state index is -0.660. The summed E-state index contributed by atoms with van der Waals surface area (Å²) in [6, 6.07) is 0. The van der Waals surface area contributed by atoms with Crippen molar-refractivity contribution in [3.63, 3.8) is 0 Å². The van der Waals surface area contributed by atoms with E-state index in [1.807, 2.05) is 0 Å². The van der Waals surface area contributed by atoms with E-state index in [9.17, 15) is 9.59 Å². The zero-order valence-corrected chi connectivity index (χ0v) is 4.74. The standard InChI is InChI=1S/C3H3N5O2/c4-3(5)8(6-1-9)7-2-10/h(H3,4,5). The molecule has 0 aliphatic heterocycles. The van der Waals surface area contributed by atoms with E-state index >= 15 is 0 Å². The summed E-state index contributed by atoms with van der Waals surface area (Å²) in [5.41, 5.74) is 4.77. The van der Waals surface area contributed by atoms with Crippen LogP contribution in [0.4, 0.5) is 0 Å². The molecule has 0 rings (SSSR count). The van der Waals surface area contributed by atoms with Gasteiger partial charge >= 0.3 is 0 Å². The number of guanidine groups is 1. The number of hydrogen-bond donors (Lipinski definition) is 2. The highest BCUT2D eigenvalue weighted by molar-refractivity contribution is 5.74. The lowest BCUT2D eigenvalue weighted by Gasteiger charge is -2.01. The third kappa shape index (κ3) is 2.37. The van der Waals surface area contributed by atoms with Crippen molar-refractivity contribution in [2.75, 3.05) is 0 Å². The summed E-state index contributed by atoms with van der Waals surface area (Å²) in [6.07, 6.45) is 2.08. The highest BCUT2D eigenvalue weighted by Gasteiger charge is 1.99. The van der Waals surface area contributed by atoms with Crippen LogP contribution in [0.2, 0.25) is 0 Å². The fourth-order valence-corrected chi connectivity index (χ4v) is 0.207. The first-order valence-corrected chi connectivity index (χ1v) is 2.02. The normalized spacial score (nSPS) is 6.80.